The minimum atomic E-state index is -0.876. The van der Waals surface area contributed by atoms with Gasteiger partial charge in [0.15, 0.2) is 0 Å². The Morgan fingerprint density at radius 3 is 2.62 bits per heavy atom. The molecule has 1 aromatic carbocycles. The number of rotatable bonds is 5. The molecule has 1 aliphatic heterocycles. The van der Waals surface area contributed by atoms with Crippen molar-refractivity contribution in [3.63, 3.8) is 0 Å². The van der Waals surface area contributed by atoms with Crippen LogP contribution in [0.2, 0.25) is 0 Å². The number of benzene rings is 1. The quantitative estimate of drug-likeness (QED) is 0.906. The lowest BCUT2D eigenvalue weighted by atomic mass is 9.94. The molecule has 4 heteroatoms. The van der Waals surface area contributed by atoms with Gasteiger partial charge in [-0.3, -0.25) is 4.90 Å². The summed E-state index contributed by atoms with van der Waals surface area (Å²) < 4.78 is 5.82. The summed E-state index contributed by atoms with van der Waals surface area (Å²) >= 11 is 0. The smallest absolute Gasteiger partial charge is 0.335 e. The lowest BCUT2D eigenvalue weighted by molar-refractivity contribution is -0.0454. The molecule has 4 nitrogen and oxygen atoms in total. The zero-order valence-corrected chi connectivity index (χ0v) is 13.1. The van der Waals surface area contributed by atoms with Crippen LogP contribution in [-0.2, 0) is 11.3 Å². The van der Waals surface area contributed by atoms with Gasteiger partial charge in [0.05, 0.1) is 11.7 Å². The number of carboxylic acids is 1. The monoisotopic (exact) mass is 291 g/mol. The van der Waals surface area contributed by atoms with E-state index >= 15 is 0 Å². The minimum absolute atomic E-state index is 0.340. The Hall–Kier alpha value is -1.39. The average molecular weight is 291 g/mol. The maximum atomic E-state index is 10.9. The van der Waals surface area contributed by atoms with E-state index in [0.717, 1.165) is 31.6 Å². The van der Waals surface area contributed by atoms with Crippen molar-refractivity contribution in [3.05, 3.63) is 35.4 Å². The molecule has 1 fully saturated rings. The number of nitrogens with zero attached hydrogens (tertiary/aromatic N) is 1. The van der Waals surface area contributed by atoms with Crippen LogP contribution in [0.15, 0.2) is 24.3 Å². The number of aromatic carboxylic acids is 1. The number of hydrogen-bond donors (Lipinski definition) is 1. The fourth-order valence-electron chi connectivity index (χ4n) is 2.84. The Balaban J connectivity index is 1.94. The molecule has 21 heavy (non-hydrogen) atoms. The first kappa shape index (κ1) is 16.0. The highest BCUT2D eigenvalue weighted by molar-refractivity contribution is 5.87. The van der Waals surface area contributed by atoms with Crippen LogP contribution in [0.1, 0.15) is 42.6 Å². The molecule has 2 unspecified atom stereocenters. The Morgan fingerprint density at radius 2 is 2.05 bits per heavy atom. The second kappa shape index (κ2) is 7.05. The minimum Gasteiger partial charge on any atom is -0.478 e. The number of carbonyl (C=O) groups is 1. The van der Waals surface area contributed by atoms with Crippen molar-refractivity contribution >= 4 is 5.97 Å². The van der Waals surface area contributed by atoms with Gasteiger partial charge in [-0.2, -0.15) is 0 Å². The van der Waals surface area contributed by atoms with E-state index in [-0.39, 0.29) is 0 Å². The molecule has 0 radical (unpaired) electrons. The van der Waals surface area contributed by atoms with Crippen molar-refractivity contribution in [2.45, 2.75) is 45.4 Å². The number of hydrogen-bond acceptors (Lipinski definition) is 3. The first-order valence-electron chi connectivity index (χ1n) is 7.61. The van der Waals surface area contributed by atoms with E-state index in [1.165, 1.54) is 0 Å². The van der Waals surface area contributed by atoms with Crippen LogP contribution in [-0.4, -0.2) is 41.8 Å². The summed E-state index contributed by atoms with van der Waals surface area (Å²) in [7, 11) is 2.14. The highest BCUT2D eigenvalue weighted by Gasteiger charge is 2.27. The molecule has 0 bridgehead atoms. The standard InChI is InChI=1S/C17H25NO3/c1-12(2)16-10-15(8-9-21-16)18(3)11-13-4-6-14(7-5-13)17(19)20/h4-7,12,15-16H,8-11H2,1-3H3,(H,19,20). The molecule has 1 aliphatic rings. The van der Waals surface area contributed by atoms with E-state index in [0.29, 0.717) is 23.6 Å². The van der Waals surface area contributed by atoms with E-state index in [1.54, 1.807) is 12.1 Å². The van der Waals surface area contributed by atoms with Crippen molar-refractivity contribution in [1.82, 2.24) is 4.90 Å². The van der Waals surface area contributed by atoms with Crippen LogP contribution in [0, 0.1) is 5.92 Å². The predicted molar refractivity (Wildman–Crippen MR) is 82.5 cm³/mol. The van der Waals surface area contributed by atoms with Gasteiger partial charge in [-0.15, -0.1) is 0 Å². The third-order valence-corrected chi connectivity index (χ3v) is 4.29. The van der Waals surface area contributed by atoms with E-state index in [9.17, 15) is 4.79 Å². The molecular formula is C17H25NO3. The van der Waals surface area contributed by atoms with Gasteiger partial charge in [0.2, 0.25) is 0 Å². The summed E-state index contributed by atoms with van der Waals surface area (Å²) in [6.07, 6.45) is 2.48. The summed E-state index contributed by atoms with van der Waals surface area (Å²) in [6, 6.07) is 7.68. The van der Waals surface area contributed by atoms with Gasteiger partial charge in [-0.05, 0) is 43.5 Å². The predicted octanol–water partition coefficient (Wildman–Crippen LogP) is 3.02. The Kier molecular flexibility index (Phi) is 5.37. The molecule has 0 saturated carbocycles. The maximum Gasteiger partial charge on any atom is 0.335 e. The Labute approximate surface area is 126 Å². The Bertz CT molecular complexity index is 469. The first-order chi connectivity index (χ1) is 9.97. The van der Waals surface area contributed by atoms with Crippen LogP contribution >= 0.6 is 0 Å². The summed E-state index contributed by atoms with van der Waals surface area (Å²) in [5, 5.41) is 8.92. The molecule has 0 spiro atoms. The van der Waals surface area contributed by atoms with Gasteiger partial charge < -0.3 is 9.84 Å². The molecular weight excluding hydrogens is 266 g/mol. The van der Waals surface area contributed by atoms with E-state index in [2.05, 4.69) is 25.8 Å². The average Bonchev–Trinajstić information content (AvgIpc) is 2.48. The van der Waals surface area contributed by atoms with Gasteiger partial charge in [-0.25, -0.2) is 4.79 Å². The van der Waals surface area contributed by atoms with Crippen molar-refractivity contribution in [2.24, 2.45) is 5.92 Å². The van der Waals surface area contributed by atoms with Crippen LogP contribution < -0.4 is 0 Å². The molecule has 1 heterocycles. The third-order valence-electron chi connectivity index (χ3n) is 4.29. The van der Waals surface area contributed by atoms with Crippen LogP contribution in [0.5, 0.6) is 0 Å². The topological polar surface area (TPSA) is 49.8 Å². The van der Waals surface area contributed by atoms with Gasteiger partial charge in [0.1, 0.15) is 0 Å². The molecule has 0 aliphatic carbocycles. The van der Waals surface area contributed by atoms with Gasteiger partial charge >= 0.3 is 5.97 Å². The Morgan fingerprint density at radius 1 is 1.38 bits per heavy atom. The van der Waals surface area contributed by atoms with Crippen LogP contribution in [0.25, 0.3) is 0 Å². The van der Waals surface area contributed by atoms with Crippen LogP contribution in [0.4, 0.5) is 0 Å². The molecule has 0 aromatic heterocycles. The maximum absolute atomic E-state index is 10.9. The second-order valence-electron chi connectivity index (χ2n) is 6.25. The molecule has 2 atom stereocenters. The van der Waals surface area contributed by atoms with E-state index in [4.69, 9.17) is 9.84 Å². The summed E-state index contributed by atoms with van der Waals surface area (Å²) in [6.45, 7) is 6.08. The SMILES string of the molecule is CC(C)C1CC(N(C)Cc2ccc(C(=O)O)cc2)CCO1. The van der Waals surface area contributed by atoms with Gasteiger partial charge in [0.25, 0.3) is 0 Å². The molecule has 0 amide bonds. The van der Waals surface area contributed by atoms with Crippen molar-refractivity contribution in [3.8, 4) is 0 Å². The zero-order valence-electron chi connectivity index (χ0n) is 13.1. The number of ether oxygens (including phenoxy) is 1. The third kappa shape index (κ3) is 4.29. The number of carboxylic acid groups (broad SMARTS) is 1. The lowest BCUT2D eigenvalue weighted by Gasteiger charge is -2.37. The normalized spacial score (nSPS) is 22.7. The lowest BCUT2D eigenvalue weighted by Crippen LogP contribution is -2.41. The highest BCUT2D eigenvalue weighted by Crippen LogP contribution is 2.24. The van der Waals surface area contributed by atoms with Crippen molar-refractivity contribution in [2.75, 3.05) is 13.7 Å². The highest BCUT2D eigenvalue weighted by atomic mass is 16.5. The van der Waals surface area contributed by atoms with Crippen LogP contribution in [0.3, 0.4) is 0 Å². The zero-order chi connectivity index (χ0) is 15.4. The van der Waals surface area contributed by atoms with Crippen molar-refractivity contribution < 1.29 is 14.6 Å². The molecule has 1 aromatic rings. The van der Waals surface area contributed by atoms with Gasteiger partial charge in [-0.1, -0.05) is 26.0 Å². The largest absolute Gasteiger partial charge is 0.478 e. The fourth-order valence-corrected chi connectivity index (χ4v) is 2.84. The first-order valence-corrected chi connectivity index (χ1v) is 7.61. The second-order valence-corrected chi connectivity index (χ2v) is 6.25. The summed E-state index contributed by atoms with van der Waals surface area (Å²) in [4.78, 5) is 13.2. The summed E-state index contributed by atoms with van der Waals surface area (Å²) in [5.74, 6) is -0.324. The van der Waals surface area contributed by atoms with Gasteiger partial charge in [0, 0.05) is 19.2 Å². The van der Waals surface area contributed by atoms with E-state index in [1.807, 2.05) is 12.1 Å². The molecule has 116 valence electrons. The molecule has 1 saturated heterocycles. The molecule has 1 N–H and O–H groups in total. The molecule has 2 rings (SSSR count). The fraction of sp³-hybridized carbons (Fsp3) is 0.588. The summed E-state index contributed by atoms with van der Waals surface area (Å²) in [5.41, 5.74) is 1.49. The van der Waals surface area contributed by atoms with Crippen molar-refractivity contribution in [1.29, 1.82) is 0 Å². The van der Waals surface area contributed by atoms with E-state index < -0.39 is 5.97 Å².